The van der Waals surface area contributed by atoms with Gasteiger partial charge >= 0.3 is 0 Å². The molecule has 0 saturated carbocycles. The minimum atomic E-state index is 0.170. The fourth-order valence-electron chi connectivity index (χ4n) is 4.12. The minimum Gasteiger partial charge on any atom is -0.494 e. The lowest BCUT2D eigenvalue weighted by atomic mass is 9.98. The fraction of sp³-hybridized carbons (Fsp3) is 0.450. The van der Waals surface area contributed by atoms with E-state index >= 15 is 0 Å². The number of hydrogen-bond acceptors (Lipinski definition) is 5. The van der Waals surface area contributed by atoms with Crippen LogP contribution < -0.4 is 10.1 Å². The molecule has 1 amide bonds. The number of halogens is 1. The molecule has 2 aliphatic rings. The normalized spacial score (nSPS) is 18.2. The van der Waals surface area contributed by atoms with Crippen molar-refractivity contribution >= 4 is 23.0 Å². The number of ether oxygens (including phenoxy) is 1. The van der Waals surface area contributed by atoms with Crippen molar-refractivity contribution in [3.63, 3.8) is 0 Å². The summed E-state index contributed by atoms with van der Waals surface area (Å²) in [5.74, 6) is 1.14. The van der Waals surface area contributed by atoms with Gasteiger partial charge in [-0.2, -0.15) is 10.2 Å². The van der Waals surface area contributed by atoms with Crippen LogP contribution in [0.25, 0.3) is 16.6 Å². The largest absolute Gasteiger partial charge is 0.494 e. The Balaban J connectivity index is 1.32. The number of nitrogens with one attached hydrogen (secondary N) is 1. The molecule has 0 spiro atoms. The molecule has 0 bridgehead atoms. The summed E-state index contributed by atoms with van der Waals surface area (Å²) in [4.78, 5) is 14.4. The molecule has 0 unspecified atom stereocenters. The lowest BCUT2D eigenvalue weighted by Crippen LogP contribution is -2.53. The maximum atomic E-state index is 12.4. The summed E-state index contributed by atoms with van der Waals surface area (Å²) in [6.07, 6.45) is 9.31. The lowest BCUT2D eigenvalue weighted by Gasteiger charge is -2.37. The van der Waals surface area contributed by atoms with E-state index in [0.29, 0.717) is 22.7 Å². The molecule has 29 heavy (non-hydrogen) atoms. The molecule has 3 aromatic heterocycles. The van der Waals surface area contributed by atoms with Crippen LogP contribution in [0, 0.1) is 5.92 Å². The molecule has 5 heterocycles. The average Bonchev–Trinajstić information content (AvgIpc) is 3.33. The Kier molecular flexibility index (Phi) is 4.67. The van der Waals surface area contributed by atoms with Crippen LogP contribution in [0.4, 0.5) is 0 Å². The van der Waals surface area contributed by atoms with Crippen molar-refractivity contribution in [2.24, 2.45) is 5.92 Å². The summed E-state index contributed by atoms with van der Waals surface area (Å²) in [5, 5.41) is 12.6. The number of nitrogens with zero attached hydrogens (tertiary/aromatic N) is 5. The third-order valence-electron chi connectivity index (χ3n) is 5.97. The van der Waals surface area contributed by atoms with Gasteiger partial charge in [0.2, 0.25) is 5.91 Å². The number of carbonyl (C=O) groups is 1. The number of amides is 1. The second-order valence-electron chi connectivity index (χ2n) is 7.70. The molecule has 0 aromatic carbocycles. The molecule has 0 aliphatic carbocycles. The number of likely N-dealkylation sites (tertiary alicyclic amines) is 1. The average molecular weight is 415 g/mol. The Morgan fingerprint density at radius 3 is 2.66 bits per heavy atom. The SMILES string of the molecule is COc1cc(-c2cnn(C3CCN(C(=O)C4CNC4)CC3)c2)cn2ncc(Cl)c12. The number of carbonyl (C=O) groups excluding carboxylic acids is 1. The Morgan fingerprint density at radius 2 is 1.97 bits per heavy atom. The number of pyridine rings is 1. The van der Waals surface area contributed by atoms with Crippen molar-refractivity contribution in [1.29, 1.82) is 0 Å². The molecule has 2 aliphatic heterocycles. The molecule has 2 saturated heterocycles. The first-order chi connectivity index (χ1) is 14.1. The summed E-state index contributed by atoms with van der Waals surface area (Å²) in [5.41, 5.74) is 2.71. The first-order valence-corrected chi connectivity index (χ1v) is 10.3. The van der Waals surface area contributed by atoms with Crippen molar-refractivity contribution in [2.45, 2.75) is 18.9 Å². The van der Waals surface area contributed by atoms with Crippen LogP contribution in [0.2, 0.25) is 5.02 Å². The molecule has 152 valence electrons. The molecule has 2 fully saturated rings. The van der Waals surface area contributed by atoms with E-state index in [1.807, 2.05) is 28.0 Å². The fourth-order valence-corrected chi connectivity index (χ4v) is 4.34. The lowest BCUT2D eigenvalue weighted by molar-refractivity contribution is -0.138. The summed E-state index contributed by atoms with van der Waals surface area (Å²) in [6, 6.07) is 2.26. The molecule has 3 aromatic rings. The monoisotopic (exact) mass is 414 g/mol. The predicted octanol–water partition coefficient (Wildman–Crippen LogP) is 2.24. The van der Waals surface area contributed by atoms with Gasteiger partial charge in [0.1, 0.15) is 11.3 Å². The van der Waals surface area contributed by atoms with E-state index in [9.17, 15) is 4.79 Å². The van der Waals surface area contributed by atoms with Gasteiger partial charge in [0.25, 0.3) is 0 Å². The van der Waals surface area contributed by atoms with E-state index in [1.54, 1.807) is 17.8 Å². The number of aromatic nitrogens is 4. The third kappa shape index (κ3) is 3.26. The van der Waals surface area contributed by atoms with Gasteiger partial charge in [-0.1, -0.05) is 11.6 Å². The zero-order valence-electron chi connectivity index (χ0n) is 16.2. The second-order valence-corrected chi connectivity index (χ2v) is 8.11. The quantitative estimate of drug-likeness (QED) is 0.708. The number of rotatable bonds is 4. The number of piperidine rings is 1. The molecule has 9 heteroatoms. The van der Waals surface area contributed by atoms with E-state index in [1.165, 1.54) is 0 Å². The van der Waals surface area contributed by atoms with E-state index in [-0.39, 0.29) is 5.92 Å². The number of fused-ring (bicyclic) bond motifs is 1. The Hall–Kier alpha value is -2.58. The van der Waals surface area contributed by atoms with Gasteiger partial charge in [-0.05, 0) is 18.9 Å². The Bertz CT molecular complexity index is 1050. The zero-order valence-corrected chi connectivity index (χ0v) is 17.0. The van der Waals surface area contributed by atoms with Gasteiger partial charge < -0.3 is 15.0 Å². The topological polar surface area (TPSA) is 76.7 Å². The van der Waals surface area contributed by atoms with Gasteiger partial charge in [0, 0.05) is 49.7 Å². The maximum absolute atomic E-state index is 12.4. The summed E-state index contributed by atoms with van der Waals surface area (Å²) < 4.78 is 9.26. The summed E-state index contributed by atoms with van der Waals surface area (Å²) in [7, 11) is 1.63. The summed E-state index contributed by atoms with van der Waals surface area (Å²) in [6.45, 7) is 3.22. The summed E-state index contributed by atoms with van der Waals surface area (Å²) >= 11 is 6.22. The van der Waals surface area contributed by atoms with Crippen molar-refractivity contribution in [3.8, 4) is 16.9 Å². The van der Waals surface area contributed by atoms with E-state index < -0.39 is 0 Å². The van der Waals surface area contributed by atoms with Gasteiger partial charge in [0.05, 0.1) is 36.5 Å². The van der Waals surface area contributed by atoms with E-state index in [2.05, 4.69) is 21.7 Å². The molecule has 1 N–H and O–H groups in total. The highest BCUT2D eigenvalue weighted by Gasteiger charge is 2.32. The van der Waals surface area contributed by atoms with Gasteiger partial charge in [-0.3, -0.25) is 9.48 Å². The predicted molar refractivity (Wildman–Crippen MR) is 109 cm³/mol. The smallest absolute Gasteiger partial charge is 0.228 e. The first kappa shape index (κ1) is 18.4. The standard InChI is InChI=1S/C20H23ClN6O2/c1-29-18-6-13(11-27-19(18)17(21)10-24-27)15-9-23-26(12-15)16-2-4-25(5-3-16)20(28)14-7-22-8-14/h6,9-12,14,16,22H,2-5,7-8H2,1H3. The maximum Gasteiger partial charge on any atom is 0.228 e. The van der Waals surface area contributed by atoms with Crippen LogP contribution in [0.5, 0.6) is 5.75 Å². The highest BCUT2D eigenvalue weighted by Crippen LogP contribution is 2.32. The number of methoxy groups -OCH3 is 1. The third-order valence-corrected chi connectivity index (χ3v) is 6.24. The van der Waals surface area contributed by atoms with Crippen molar-refractivity contribution in [3.05, 3.63) is 35.9 Å². The van der Waals surface area contributed by atoms with Gasteiger partial charge in [0.15, 0.2) is 0 Å². The number of hydrogen-bond donors (Lipinski definition) is 1. The second kappa shape index (κ2) is 7.35. The molecular weight excluding hydrogens is 392 g/mol. The highest BCUT2D eigenvalue weighted by atomic mass is 35.5. The van der Waals surface area contributed by atoms with Crippen LogP contribution >= 0.6 is 11.6 Å². The van der Waals surface area contributed by atoms with E-state index in [4.69, 9.17) is 16.3 Å². The molecule has 0 atom stereocenters. The minimum absolute atomic E-state index is 0.170. The molecule has 0 radical (unpaired) electrons. The molecule has 5 rings (SSSR count). The molecule has 8 nitrogen and oxygen atoms in total. The van der Waals surface area contributed by atoms with Gasteiger partial charge in [-0.25, -0.2) is 4.52 Å². The van der Waals surface area contributed by atoms with Crippen LogP contribution in [0.15, 0.2) is 30.9 Å². The highest BCUT2D eigenvalue weighted by molar-refractivity contribution is 6.34. The Morgan fingerprint density at radius 1 is 1.17 bits per heavy atom. The van der Waals surface area contributed by atoms with E-state index in [0.717, 1.165) is 55.7 Å². The zero-order chi connectivity index (χ0) is 20.0. The Labute approximate surface area is 173 Å². The van der Waals surface area contributed by atoms with Crippen molar-refractivity contribution in [1.82, 2.24) is 29.6 Å². The van der Waals surface area contributed by atoms with Crippen LogP contribution in [-0.2, 0) is 4.79 Å². The van der Waals surface area contributed by atoms with Crippen LogP contribution in [0.1, 0.15) is 18.9 Å². The van der Waals surface area contributed by atoms with Gasteiger partial charge in [-0.15, -0.1) is 0 Å². The van der Waals surface area contributed by atoms with Crippen molar-refractivity contribution < 1.29 is 9.53 Å². The van der Waals surface area contributed by atoms with Crippen LogP contribution in [-0.4, -0.2) is 63.5 Å². The van der Waals surface area contributed by atoms with Crippen molar-refractivity contribution in [2.75, 3.05) is 33.3 Å². The van der Waals surface area contributed by atoms with Crippen LogP contribution in [0.3, 0.4) is 0 Å². The molecular formula is C20H23ClN6O2. The first-order valence-electron chi connectivity index (χ1n) is 9.89.